The van der Waals surface area contributed by atoms with E-state index in [0.29, 0.717) is 5.92 Å². The van der Waals surface area contributed by atoms with Crippen LogP contribution in [-0.4, -0.2) is 6.71 Å². The number of hydrogen-bond acceptors (Lipinski definition) is 5. The number of anilines is 6. The molecule has 0 amide bonds. The van der Waals surface area contributed by atoms with Gasteiger partial charge in [0.1, 0.15) is 0 Å². The maximum atomic E-state index is 2.72. The van der Waals surface area contributed by atoms with Crippen molar-refractivity contribution in [1.82, 2.24) is 0 Å². The number of rotatable bonds is 5. The van der Waals surface area contributed by atoms with Crippen LogP contribution in [0.25, 0.3) is 52.5 Å². The molecule has 7 aromatic carbocycles. The lowest BCUT2D eigenvalue weighted by Gasteiger charge is -2.45. The molecule has 6 heteroatoms. The maximum absolute atomic E-state index is 2.72. The summed E-state index contributed by atoms with van der Waals surface area (Å²) in [4.78, 5) is 5.41. The van der Waals surface area contributed by atoms with Crippen LogP contribution in [-0.2, 0) is 10.8 Å². The smallest absolute Gasteiger partial charge is 0.264 e. The maximum Gasteiger partial charge on any atom is 0.264 e. The van der Waals surface area contributed by atoms with Gasteiger partial charge in [0.15, 0.2) is 0 Å². The highest BCUT2D eigenvalue weighted by Crippen LogP contribution is 2.53. The predicted octanol–water partition coefficient (Wildman–Crippen LogP) is 17.7. The summed E-state index contributed by atoms with van der Waals surface area (Å²) in [5.41, 5.74) is 24.9. The number of thiophene rings is 3. The minimum atomic E-state index is -0.00634. The van der Waals surface area contributed by atoms with E-state index in [4.69, 9.17) is 0 Å². The van der Waals surface area contributed by atoms with Crippen molar-refractivity contribution in [2.45, 2.75) is 99.8 Å². The van der Waals surface area contributed by atoms with Gasteiger partial charge in [-0.2, -0.15) is 0 Å². The van der Waals surface area contributed by atoms with Crippen molar-refractivity contribution < 1.29 is 0 Å². The number of fused-ring (bicyclic) bond motifs is 8. The summed E-state index contributed by atoms with van der Waals surface area (Å²) in [6.45, 7) is 28.2. The fraction of sp³-hybridized carbons (Fsp3) is 0.238. The molecule has 0 aliphatic carbocycles. The molecular weight excluding hydrogens is 892 g/mol. The highest BCUT2D eigenvalue weighted by atomic mass is 32.1. The topological polar surface area (TPSA) is 6.48 Å². The second-order valence-corrected chi connectivity index (χ2v) is 25.1. The third kappa shape index (κ3) is 6.91. The number of nitrogens with zero attached hydrogens (tertiary/aromatic N) is 2. The highest BCUT2D eigenvalue weighted by molar-refractivity contribution is 7.33. The van der Waals surface area contributed by atoms with E-state index in [9.17, 15) is 0 Å². The first kappa shape index (κ1) is 44.3. The lowest BCUT2D eigenvalue weighted by atomic mass is 9.36. The summed E-state index contributed by atoms with van der Waals surface area (Å²) in [6.07, 6.45) is 0. The van der Waals surface area contributed by atoms with Gasteiger partial charge in [-0.3, -0.25) is 0 Å². The van der Waals surface area contributed by atoms with Gasteiger partial charge in [-0.05, 0) is 171 Å². The van der Waals surface area contributed by atoms with Crippen LogP contribution in [0.4, 0.5) is 34.1 Å². The lowest BCUT2D eigenvalue weighted by molar-refractivity contribution is 0.589. The number of aryl methyl sites for hydroxylation is 4. The highest BCUT2D eigenvalue weighted by Gasteiger charge is 2.47. The van der Waals surface area contributed by atoms with Gasteiger partial charge in [-0.25, -0.2) is 0 Å². The Hall–Kier alpha value is -5.92. The number of hydrogen-bond donors (Lipinski definition) is 0. The summed E-state index contributed by atoms with van der Waals surface area (Å²) in [7, 11) is 0. The summed E-state index contributed by atoms with van der Waals surface area (Å²) in [6, 6.07) is 47.4. The Balaban J connectivity index is 1.19. The van der Waals surface area contributed by atoms with Gasteiger partial charge in [0, 0.05) is 63.2 Å². The zero-order valence-corrected chi connectivity index (χ0v) is 44.4. The van der Waals surface area contributed by atoms with E-state index in [-0.39, 0.29) is 17.5 Å². The van der Waals surface area contributed by atoms with Crippen LogP contribution in [0.5, 0.6) is 0 Å². The van der Waals surface area contributed by atoms with Crippen LogP contribution in [0.1, 0.15) is 100 Å². The monoisotopic (exact) mass is 950 g/mol. The van der Waals surface area contributed by atoms with Gasteiger partial charge in [-0.15, -0.1) is 34.0 Å². The van der Waals surface area contributed by atoms with Crippen LogP contribution in [0, 0.1) is 27.7 Å². The molecule has 342 valence electrons. The first-order chi connectivity index (χ1) is 33.0. The normalized spacial score (nSPS) is 13.6. The minimum absolute atomic E-state index is 0.00634. The quantitative estimate of drug-likeness (QED) is 0.159. The fourth-order valence-corrected chi connectivity index (χ4v) is 14.8. The molecule has 2 aliphatic rings. The fourth-order valence-electron chi connectivity index (χ4n) is 11.5. The van der Waals surface area contributed by atoms with Crippen molar-refractivity contribution in [3.05, 3.63) is 171 Å². The molecule has 0 fully saturated rings. The Labute approximate surface area is 421 Å². The molecule has 3 aromatic heterocycles. The first-order valence-electron chi connectivity index (χ1n) is 24.6. The van der Waals surface area contributed by atoms with E-state index in [1.165, 1.54) is 141 Å². The average molecular weight is 951 g/mol. The van der Waals surface area contributed by atoms with Crippen molar-refractivity contribution in [2.24, 2.45) is 0 Å². The van der Waals surface area contributed by atoms with Crippen molar-refractivity contribution in [2.75, 3.05) is 9.80 Å². The van der Waals surface area contributed by atoms with E-state index in [0.717, 1.165) is 0 Å². The molecule has 5 heterocycles. The molecule has 0 radical (unpaired) electrons. The van der Waals surface area contributed by atoms with E-state index in [1.807, 2.05) is 34.0 Å². The van der Waals surface area contributed by atoms with Gasteiger partial charge in [0.05, 0.1) is 17.1 Å². The van der Waals surface area contributed by atoms with Gasteiger partial charge >= 0.3 is 0 Å². The summed E-state index contributed by atoms with van der Waals surface area (Å²) < 4.78 is 5.40. The molecule has 69 heavy (non-hydrogen) atoms. The zero-order valence-electron chi connectivity index (χ0n) is 42.0. The average Bonchev–Trinajstić information content (AvgIpc) is 4.04. The van der Waals surface area contributed by atoms with Crippen LogP contribution in [0.3, 0.4) is 0 Å². The summed E-state index contributed by atoms with van der Waals surface area (Å²) in [5, 5.41) is 8.69. The van der Waals surface area contributed by atoms with E-state index in [2.05, 4.69) is 225 Å². The van der Waals surface area contributed by atoms with Crippen molar-refractivity contribution in [1.29, 1.82) is 0 Å². The lowest BCUT2D eigenvalue weighted by Crippen LogP contribution is -2.60. The summed E-state index contributed by atoms with van der Waals surface area (Å²) >= 11 is 5.68. The Morgan fingerprint density at radius 3 is 1.62 bits per heavy atom. The molecule has 0 unspecified atom stereocenters. The molecule has 0 saturated heterocycles. The van der Waals surface area contributed by atoms with Crippen molar-refractivity contribution in [3.63, 3.8) is 0 Å². The van der Waals surface area contributed by atoms with Gasteiger partial charge in [-0.1, -0.05) is 122 Å². The zero-order chi connectivity index (χ0) is 48.0. The van der Waals surface area contributed by atoms with Crippen LogP contribution in [0.2, 0.25) is 0 Å². The van der Waals surface area contributed by atoms with Crippen LogP contribution < -0.4 is 25.5 Å². The third-order valence-corrected chi connectivity index (χ3v) is 18.2. The predicted molar refractivity (Wildman–Crippen MR) is 308 cm³/mol. The Bertz CT molecular complexity index is 3710. The van der Waals surface area contributed by atoms with Crippen molar-refractivity contribution >= 4 is 121 Å². The molecule has 0 saturated carbocycles. The molecule has 0 N–H and O–H groups in total. The van der Waals surface area contributed by atoms with Gasteiger partial charge < -0.3 is 9.80 Å². The van der Waals surface area contributed by atoms with Crippen LogP contribution >= 0.6 is 34.0 Å². The largest absolute Gasteiger partial charge is 0.311 e. The minimum Gasteiger partial charge on any atom is -0.311 e. The van der Waals surface area contributed by atoms with E-state index in [1.54, 1.807) is 0 Å². The SMILES string of the molecule is Cc1cc(C(C)(C)C)cc(C)c1N1c2cc(-c3csc4ccccc34)ccc2B2c3sc4ccc(C(C)(C)C)cc4c3N(c3c(C)cc(-c4csc5ccccc45)cc3C)c3cc(C(C)C)cc1c32. The molecule has 2 nitrogen and oxygen atoms in total. The van der Waals surface area contributed by atoms with Gasteiger partial charge in [0.2, 0.25) is 0 Å². The molecule has 0 bridgehead atoms. The first-order valence-corrected chi connectivity index (χ1v) is 27.2. The Morgan fingerprint density at radius 2 is 1.03 bits per heavy atom. The van der Waals surface area contributed by atoms with Crippen LogP contribution in [0.15, 0.2) is 132 Å². The molecule has 0 atom stereocenters. The standard InChI is InChI=1S/C63H59BN2S3/c1-35(2)41-30-52-57-53(31-41)66(59-36(3)25-42(26-37(59)4)49-34-68-55-20-16-14-18-46(49)55)60-47-32-43(62(7,8)9)22-24-56(47)69-61(60)64(57)50-23-21-40(48-33-67-54-19-15-13-17-45(48)54)29-51(50)65(52)58-38(5)27-44(28-39(58)6)63(10,11)12/h13-35H,1-12H3. The van der Waals surface area contributed by atoms with E-state index < -0.39 is 0 Å². The third-order valence-electron chi connectivity index (χ3n) is 15.1. The molecular formula is C63H59BN2S3. The molecule has 0 spiro atoms. The molecule has 10 aromatic rings. The van der Waals surface area contributed by atoms with E-state index >= 15 is 0 Å². The second kappa shape index (κ2) is 15.8. The second-order valence-electron chi connectivity index (χ2n) is 22.2. The Kier molecular flexibility index (Phi) is 10.1. The Morgan fingerprint density at radius 1 is 0.478 bits per heavy atom. The van der Waals surface area contributed by atoms with Crippen molar-refractivity contribution in [3.8, 4) is 22.3 Å². The van der Waals surface area contributed by atoms with Gasteiger partial charge in [0.25, 0.3) is 6.71 Å². The molecule has 2 aliphatic heterocycles. The number of benzene rings is 7. The molecule has 12 rings (SSSR count). The summed E-state index contributed by atoms with van der Waals surface area (Å²) in [5.74, 6) is 0.300.